The Morgan fingerprint density at radius 2 is 0.934 bits per heavy atom. The van der Waals surface area contributed by atoms with Crippen LogP contribution in [0.3, 0.4) is 0 Å². The number of unbranched alkanes of at least 4 members (excludes halogenated alkanes) is 28. The van der Waals surface area contributed by atoms with E-state index in [0.717, 1.165) is 57.8 Å². The Balaban J connectivity index is 2.36. The normalized spacial score (nSPS) is 20.0. The van der Waals surface area contributed by atoms with E-state index in [1.807, 2.05) is 0 Å². The maximum Gasteiger partial charge on any atom is 0.306 e. The molecular weight excluding hydrogens is 801 g/mol. The molecule has 0 radical (unpaired) electrons. The van der Waals surface area contributed by atoms with Crippen molar-refractivity contribution >= 4 is 22.1 Å². The zero-order valence-corrected chi connectivity index (χ0v) is 39.4. The average Bonchev–Trinajstić information content (AvgIpc) is 3.22. The molecule has 0 aromatic rings. The molecule has 1 heterocycles. The molecule has 0 aromatic carbocycles. The lowest BCUT2D eigenvalue weighted by molar-refractivity contribution is -0.297. The summed E-state index contributed by atoms with van der Waals surface area (Å²) in [6.07, 6.45) is 32.6. The largest absolute Gasteiger partial charge is 0.462 e. The summed E-state index contributed by atoms with van der Waals surface area (Å²) in [6.45, 7) is 3.77. The van der Waals surface area contributed by atoms with Gasteiger partial charge in [-0.15, -0.1) is 0 Å². The van der Waals surface area contributed by atoms with Crippen molar-refractivity contribution in [1.82, 2.24) is 0 Å². The van der Waals surface area contributed by atoms with Crippen LogP contribution in [0.25, 0.3) is 0 Å². The number of hydrogen-bond acceptors (Lipinski definition) is 11. The van der Waals surface area contributed by atoms with Crippen molar-refractivity contribution in [2.75, 3.05) is 19.0 Å². The summed E-state index contributed by atoms with van der Waals surface area (Å²) in [5.74, 6) is -1.98. The first kappa shape index (κ1) is 57.4. The van der Waals surface area contributed by atoms with Crippen molar-refractivity contribution in [3.8, 4) is 0 Å². The van der Waals surface area contributed by atoms with Crippen molar-refractivity contribution in [2.45, 2.75) is 263 Å². The van der Waals surface area contributed by atoms with Crippen LogP contribution in [-0.2, 0) is 38.7 Å². The summed E-state index contributed by atoms with van der Waals surface area (Å²) in [5.41, 5.74) is 0. The van der Waals surface area contributed by atoms with Gasteiger partial charge in [-0.05, 0) is 38.5 Å². The second-order valence-corrected chi connectivity index (χ2v) is 19.0. The van der Waals surface area contributed by atoms with E-state index in [2.05, 4.69) is 26.0 Å². The molecule has 0 amide bonds. The first-order valence-electron chi connectivity index (χ1n) is 24.7. The fraction of sp³-hybridized carbons (Fsp3) is 0.917. The molecule has 1 aliphatic heterocycles. The average molecular weight is 891 g/mol. The van der Waals surface area contributed by atoms with E-state index < -0.39 is 71.2 Å². The van der Waals surface area contributed by atoms with Crippen LogP contribution < -0.4 is 0 Å². The highest BCUT2D eigenvalue weighted by molar-refractivity contribution is 7.85. The number of hydrogen-bond donors (Lipinski definition) is 4. The Morgan fingerprint density at radius 3 is 1.38 bits per heavy atom. The minimum absolute atomic E-state index is 0.158. The second kappa shape index (κ2) is 38.8. The van der Waals surface area contributed by atoms with E-state index in [1.54, 1.807) is 0 Å². The minimum atomic E-state index is -4.60. The molecule has 1 fully saturated rings. The van der Waals surface area contributed by atoms with Gasteiger partial charge in [0.25, 0.3) is 10.1 Å². The topological polar surface area (TPSA) is 186 Å². The van der Waals surface area contributed by atoms with Crippen LogP contribution in [0.1, 0.15) is 226 Å². The zero-order valence-electron chi connectivity index (χ0n) is 38.5. The second-order valence-electron chi connectivity index (χ2n) is 17.5. The molecule has 0 aliphatic carbocycles. The fourth-order valence-electron chi connectivity index (χ4n) is 7.73. The maximum atomic E-state index is 12.8. The van der Waals surface area contributed by atoms with E-state index in [0.29, 0.717) is 12.8 Å². The van der Waals surface area contributed by atoms with Gasteiger partial charge in [-0.25, -0.2) is 0 Å². The highest BCUT2D eigenvalue weighted by Gasteiger charge is 2.46. The summed E-state index contributed by atoms with van der Waals surface area (Å²) in [5, 5.41) is 30.9. The molecule has 1 aliphatic rings. The number of aliphatic hydroxyl groups is 3. The van der Waals surface area contributed by atoms with Crippen LogP contribution in [-0.4, -0.2) is 96.0 Å². The van der Waals surface area contributed by atoms with Gasteiger partial charge in [0.05, 0.1) is 6.61 Å². The molecule has 0 saturated carbocycles. The molecule has 6 atom stereocenters. The molecule has 12 nitrogen and oxygen atoms in total. The Bertz CT molecular complexity index is 1180. The van der Waals surface area contributed by atoms with Crippen LogP contribution in [0.2, 0.25) is 0 Å². The number of aliphatic hydroxyl groups excluding tert-OH is 3. The van der Waals surface area contributed by atoms with Crippen LogP contribution >= 0.6 is 0 Å². The number of rotatable bonds is 42. The lowest BCUT2D eigenvalue weighted by Crippen LogP contribution is -2.60. The molecule has 4 N–H and O–H groups in total. The van der Waals surface area contributed by atoms with Gasteiger partial charge in [0.15, 0.2) is 12.4 Å². The predicted molar refractivity (Wildman–Crippen MR) is 243 cm³/mol. The van der Waals surface area contributed by atoms with Crippen LogP contribution in [0.4, 0.5) is 0 Å². The van der Waals surface area contributed by atoms with Gasteiger partial charge < -0.3 is 34.3 Å². The van der Waals surface area contributed by atoms with E-state index >= 15 is 0 Å². The quantitative estimate of drug-likeness (QED) is 0.0197. The van der Waals surface area contributed by atoms with Crippen molar-refractivity contribution in [1.29, 1.82) is 0 Å². The van der Waals surface area contributed by atoms with Gasteiger partial charge in [0.1, 0.15) is 36.8 Å². The molecule has 0 aromatic heterocycles. The summed E-state index contributed by atoms with van der Waals surface area (Å²) >= 11 is 0. The van der Waals surface area contributed by atoms with Crippen molar-refractivity contribution < 1.29 is 56.8 Å². The van der Waals surface area contributed by atoms with Gasteiger partial charge in [0, 0.05) is 12.8 Å². The molecule has 1 saturated heterocycles. The Hall–Kier alpha value is -1.61. The van der Waals surface area contributed by atoms with Gasteiger partial charge in [0.2, 0.25) is 0 Å². The van der Waals surface area contributed by atoms with Crippen LogP contribution in [0.5, 0.6) is 0 Å². The van der Waals surface area contributed by atoms with E-state index in [4.69, 9.17) is 18.9 Å². The van der Waals surface area contributed by atoms with Gasteiger partial charge in [-0.2, -0.15) is 8.42 Å². The molecule has 2 unspecified atom stereocenters. The van der Waals surface area contributed by atoms with Crippen molar-refractivity contribution in [3.63, 3.8) is 0 Å². The standard InChI is InChI=1S/C48H90O12S/c1-3-5-7-9-11-13-15-17-18-19-20-21-22-23-25-26-28-30-32-34-36-43(49)57-38-41(39-58-48-47(53)46(52)45(51)42(60-48)40-61(54,55)56)59-44(50)37-35-33-31-29-27-24-16-14-12-10-8-6-4-2/h14,16,41-42,45-48,51-53H,3-13,15,17-40H2,1-2H3,(H,54,55,56)/b16-14+/t41-,42-,45-,46?,47?,48+/m1/s1. The van der Waals surface area contributed by atoms with E-state index in [1.165, 1.54) is 128 Å². The smallest absolute Gasteiger partial charge is 0.306 e. The van der Waals surface area contributed by atoms with Gasteiger partial charge in [-0.3, -0.25) is 14.1 Å². The SMILES string of the molecule is CCCCCC/C=C/CCCCCCCC(=O)O[C@H](COC(=O)CCCCCCCCCCCCCCCCCCCCCC)CO[C@H]1O[C@H](CS(=O)(=O)O)[C@@H](O)C(O)C1O. The van der Waals surface area contributed by atoms with Gasteiger partial charge >= 0.3 is 11.9 Å². The number of ether oxygens (including phenoxy) is 4. The maximum absolute atomic E-state index is 12.8. The predicted octanol–water partition coefficient (Wildman–Crippen LogP) is 10.6. The van der Waals surface area contributed by atoms with Crippen LogP contribution in [0, 0.1) is 0 Å². The number of carbonyl (C=O) groups excluding carboxylic acids is 2. The monoisotopic (exact) mass is 891 g/mol. The summed E-state index contributed by atoms with van der Waals surface area (Å²) in [7, 11) is -4.60. The fourth-order valence-corrected chi connectivity index (χ4v) is 8.42. The Labute approximate surface area is 371 Å². The van der Waals surface area contributed by atoms with Crippen molar-refractivity contribution in [2.24, 2.45) is 0 Å². The molecule has 360 valence electrons. The highest BCUT2D eigenvalue weighted by atomic mass is 32.2. The van der Waals surface area contributed by atoms with E-state index in [9.17, 15) is 37.9 Å². The summed E-state index contributed by atoms with van der Waals surface area (Å²) in [4.78, 5) is 25.4. The molecule has 1 rings (SSSR count). The molecule has 61 heavy (non-hydrogen) atoms. The highest BCUT2D eigenvalue weighted by Crippen LogP contribution is 2.24. The number of allylic oxidation sites excluding steroid dienone is 2. The first-order valence-corrected chi connectivity index (χ1v) is 26.4. The van der Waals surface area contributed by atoms with E-state index in [-0.39, 0.29) is 19.4 Å². The number of esters is 2. The first-order chi connectivity index (χ1) is 29.5. The summed E-state index contributed by atoms with van der Waals surface area (Å²) in [6, 6.07) is 0. The van der Waals surface area contributed by atoms with Crippen molar-refractivity contribution in [3.05, 3.63) is 12.2 Å². The van der Waals surface area contributed by atoms with Gasteiger partial charge in [-0.1, -0.05) is 187 Å². The summed E-state index contributed by atoms with van der Waals surface area (Å²) < 4.78 is 54.1. The Morgan fingerprint density at radius 1 is 0.541 bits per heavy atom. The lowest BCUT2D eigenvalue weighted by atomic mass is 10.00. The lowest BCUT2D eigenvalue weighted by Gasteiger charge is -2.40. The Kier molecular flexibility index (Phi) is 36.5. The third kappa shape index (κ3) is 33.6. The molecular formula is C48H90O12S. The number of carbonyl (C=O) groups is 2. The third-order valence-electron chi connectivity index (χ3n) is 11.6. The minimum Gasteiger partial charge on any atom is -0.462 e. The molecule has 13 heteroatoms. The molecule has 0 bridgehead atoms. The third-order valence-corrected chi connectivity index (χ3v) is 12.3. The zero-order chi connectivity index (χ0) is 44.8. The van der Waals surface area contributed by atoms with Crippen LogP contribution in [0.15, 0.2) is 12.2 Å². The molecule has 0 spiro atoms.